The Bertz CT molecular complexity index is 1290. The Morgan fingerprint density at radius 1 is 1.11 bits per heavy atom. The van der Waals surface area contributed by atoms with E-state index in [2.05, 4.69) is 44.0 Å². The second-order valence-electron chi connectivity index (χ2n) is 9.22. The monoisotopic (exact) mass is 505 g/mol. The number of anilines is 2. The second-order valence-corrected chi connectivity index (χ2v) is 9.61. The second kappa shape index (κ2) is 9.78. The fourth-order valence-electron chi connectivity index (χ4n) is 4.89. The van der Waals surface area contributed by atoms with E-state index in [0.717, 1.165) is 23.4 Å². The number of thiocarbonyl (C=S) groups is 1. The summed E-state index contributed by atoms with van der Waals surface area (Å²) in [6.45, 7) is 11.8. The highest BCUT2D eigenvalue weighted by molar-refractivity contribution is 7.80. The Balaban J connectivity index is 1.78. The minimum absolute atomic E-state index is 0.0270. The number of allylic oxidation sites excluding steroid dienone is 1. The minimum atomic E-state index is -0.546. The maximum Gasteiger partial charge on any atom is 0.270 e. The van der Waals surface area contributed by atoms with Crippen molar-refractivity contribution in [1.82, 2.24) is 5.32 Å². The van der Waals surface area contributed by atoms with Gasteiger partial charge in [-0.05, 0) is 88.8 Å². The van der Waals surface area contributed by atoms with Gasteiger partial charge in [-0.15, -0.1) is 0 Å². The van der Waals surface area contributed by atoms with E-state index in [1.165, 1.54) is 4.90 Å². The van der Waals surface area contributed by atoms with Gasteiger partial charge in [-0.3, -0.25) is 19.8 Å². The van der Waals surface area contributed by atoms with E-state index in [4.69, 9.17) is 21.7 Å². The minimum Gasteiger partial charge on any atom is -0.496 e. The number of fused-ring (bicyclic) bond motifs is 1. The van der Waals surface area contributed by atoms with Gasteiger partial charge >= 0.3 is 0 Å². The molecule has 4 rings (SSSR count). The van der Waals surface area contributed by atoms with E-state index in [-0.39, 0.29) is 16.2 Å². The van der Waals surface area contributed by atoms with Crippen LogP contribution >= 0.6 is 12.2 Å². The SMILES string of the molecule is CCOc1ccc(N2C(=O)/C(=C\c3cc4c(cc3OC)N(CC)C(C)(C)C=C4C)C(=O)NC2=S)cc1. The van der Waals surface area contributed by atoms with Gasteiger partial charge in [0.05, 0.1) is 24.9 Å². The van der Waals surface area contributed by atoms with Crippen molar-refractivity contribution < 1.29 is 19.1 Å². The van der Waals surface area contributed by atoms with Crippen molar-refractivity contribution >= 4 is 52.2 Å². The maximum atomic E-state index is 13.5. The predicted octanol–water partition coefficient (Wildman–Crippen LogP) is 4.95. The van der Waals surface area contributed by atoms with E-state index < -0.39 is 11.8 Å². The quantitative estimate of drug-likeness (QED) is 0.340. The van der Waals surface area contributed by atoms with E-state index in [1.54, 1.807) is 37.5 Å². The molecule has 2 aliphatic rings. The summed E-state index contributed by atoms with van der Waals surface area (Å²) in [7, 11) is 1.58. The molecule has 2 aromatic carbocycles. The molecule has 188 valence electrons. The maximum absolute atomic E-state index is 13.5. The van der Waals surface area contributed by atoms with Crippen LogP contribution in [0.3, 0.4) is 0 Å². The number of nitrogens with one attached hydrogen (secondary N) is 1. The number of carbonyl (C=O) groups is 2. The van der Waals surface area contributed by atoms with Crippen LogP contribution in [0.1, 0.15) is 45.7 Å². The van der Waals surface area contributed by atoms with Crippen LogP contribution < -0.4 is 24.6 Å². The molecule has 0 atom stereocenters. The fraction of sp³-hybridized carbons (Fsp3) is 0.321. The molecule has 0 unspecified atom stereocenters. The first-order valence-corrected chi connectivity index (χ1v) is 12.4. The standard InChI is InChI=1S/C28H31N3O4S/c1-7-30-23-15-24(34-6)18(13-21(23)17(3)16-28(30,4)5)14-22-25(32)29-27(36)31(26(22)33)19-9-11-20(12-10-19)35-8-2/h9-16H,7-8H2,1-6H3,(H,29,32,36)/b22-14-. The number of amides is 2. The van der Waals surface area contributed by atoms with Gasteiger partial charge < -0.3 is 14.4 Å². The number of carbonyl (C=O) groups excluding carboxylic acids is 2. The summed E-state index contributed by atoms with van der Waals surface area (Å²) in [6.07, 6.45) is 3.80. The van der Waals surface area contributed by atoms with Crippen molar-refractivity contribution in [2.75, 3.05) is 30.1 Å². The van der Waals surface area contributed by atoms with E-state index >= 15 is 0 Å². The van der Waals surface area contributed by atoms with Crippen molar-refractivity contribution in [3.05, 3.63) is 59.2 Å². The smallest absolute Gasteiger partial charge is 0.270 e. The molecule has 7 nitrogen and oxygen atoms in total. The lowest BCUT2D eigenvalue weighted by atomic mass is 9.87. The summed E-state index contributed by atoms with van der Waals surface area (Å²) in [6, 6.07) is 10.9. The predicted molar refractivity (Wildman–Crippen MR) is 148 cm³/mol. The highest BCUT2D eigenvalue weighted by Crippen LogP contribution is 2.42. The number of hydrogen-bond donors (Lipinski definition) is 1. The van der Waals surface area contributed by atoms with E-state index in [9.17, 15) is 9.59 Å². The first-order valence-electron chi connectivity index (χ1n) is 11.9. The number of hydrogen-bond acceptors (Lipinski definition) is 6. The zero-order valence-corrected chi connectivity index (χ0v) is 22.3. The van der Waals surface area contributed by atoms with Crippen LogP contribution in [0, 0.1) is 0 Å². The van der Waals surface area contributed by atoms with Gasteiger partial charge in [0.2, 0.25) is 0 Å². The topological polar surface area (TPSA) is 71.1 Å². The zero-order chi connectivity index (χ0) is 26.2. The normalized spacial score (nSPS) is 18.1. The zero-order valence-electron chi connectivity index (χ0n) is 21.5. The fourth-order valence-corrected chi connectivity index (χ4v) is 5.17. The third kappa shape index (κ3) is 4.48. The first kappa shape index (κ1) is 25.4. The first-order chi connectivity index (χ1) is 17.1. The van der Waals surface area contributed by atoms with Crippen LogP contribution in [0.2, 0.25) is 0 Å². The van der Waals surface area contributed by atoms with Gasteiger partial charge in [0, 0.05) is 29.4 Å². The number of benzene rings is 2. The molecule has 2 aliphatic heterocycles. The molecular formula is C28H31N3O4S. The van der Waals surface area contributed by atoms with Crippen LogP contribution in [0.25, 0.3) is 11.6 Å². The average molecular weight is 506 g/mol. The van der Waals surface area contributed by atoms with Crippen LogP contribution in [0.15, 0.2) is 48.0 Å². The molecule has 0 radical (unpaired) electrons. The van der Waals surface area contributed by atoms with Gasteiger partial charge in [0.25, 0.3) is 11.8 Å². The van der Waals surface area contributed by atoms with E-state index in [0.29, 0.717) is 29.4 Å². The van der Waals surface area contributed by atoms with Crippen LogP contribution in [-0.2, 0) is 9.59 Å². The summed E-state index contributed by atoms with van der Waals surface area (Å²) in [5, 5.41) is 2.67. The van der Waals surface area contributed by atoms with E-state index in [1.807, 2.05) is 19.1 Å². The molecule has 1 N–H and O–H groups in total. The molecule has 2 aromatic rings. The summed E-state index contributed by atoms with van der Waals surface area (Å²) in [4.78, 5) is 30.0. The van der Waals surface area contributed by atoms with Crippen molar-refractivity contribution in [3.63, 3.8) is 0 Å². The molecule has 8 heteroatoms. The lowest BCUT2D eigenvalue weighted by Gasteiger charge is -2.43. The lowest BCUT2D eigenvalue weighted by molar-refractivity contribution is -0.122. The molecule has 2 amide bonds. The largest absolute Gasteiger partial charge is 0.496 e. The molecule has 36 heavy (non-hydrogen) atoms. The van der Waals surface area contributed by atoms with Crippen LogP contribution in [-0.4, -0.2) is 42.7 Å². The van der Waals surface area contributed by atoms with Gasteiger partial charge in [0.1, 0.15) is 17.1 Å². The molecule has 1 saturated heterocycles. The lowest BCUT2D eigenvalue weighted by Crippen LogP contribution is -2.54. The van der Waals surface area contributed by atoms with Gasteiger partial charge in [-0.2, -0.15) is 0 Å². The summed E-state index contributed by atoms with van der Waals surface area (Å²) in [5.41, 5.74) is 4.21. The summed E-state index contributed by atoms with van der Waals surface area (Å²) < 4.78 is 11.2. The highest BCUT2D eigenvalue weighted by Gasteiger charge is 2.35. The van der Waals surface area contributed by atoms with Gasteiger partial charge in [-0.1, -0.05) is 6.08 Å². The van der Waals surface area contributed by atoms with Crippen molar-refractivity contribution in [1.29, 1.82) is 0 Å². The Kier molecular flexibility index (Phi) is 6.91. The molecule has 0 bridgehead atoms. The van der Waals surface area contributed by atoms with Crippen LogP contribution in [0.4, 0.5) is 11.4 Å². The van der Waals surface area contributed by atoms with Crippen molar-refractivity contribution in [2.45, 2.75) is 40.2 Å². The Morgan fingerprint density at radius 3 is 2.42 bits per heavy atom. The number of likely N-dealkylation sites (N-methyl/N-ethyl adjacent to an activating group) is 1. The van der Waals surface area contributed by atoms with Crippen molar-refractivity contribution in [2.24, 2.45) is 0 Å². The highest BCUT2D eigenvalue weighted by atomic mass is 32.1. The molecule has 0 spiro atoms. The Hall–Kier alpha value is -3.65. The molecule has 0 saturated carbocycles. The molecular weight excluding hydrogens is 474 g/mol. The molecule has 1 fully saturated rings. The summed E-state index contributed by atoms with van der Waals surface area (Å²) >= 11 is 5.33. The van der Waals surface area contributed by atoms with Gasteiger partial charge in [0.15, 0.2) is 5.11 Å². The Morgan fingerprint density at radius 2 is 1.81 bits per heavy atom. The van der Waals surface area contributed by atoms with Gasteiger partial charge in [-0.25, -0.2) is 0 Å². The third-order valence-corrected chi connectivity index (χ3v) is 6.74. The number of rotatable bonds is 6. The molecule has 2 heterocycles. The van der Waals surface area contributed by atoms with Crippen molar-refractivity contribution in [3.8, 4) is 11.5 Å². The third-order valence-electron chi connectivity index (χ3n) is 6.45. The van der Waals surface area contributed by atoms with Crippen LogP contribution in [0.5, 0.6) is 11.5 Å². The molecule has 0 aromatic heterocycles. The number of methoxy groups -OCH3 is 1. The molecule has 0 aliphatic carbocycles. The average Bonchev–Trinajstić information content (AvgIpc) is 2.82. The number of nitrogens with zero attached hydrogens (tertiary/aromatic N) is 2. The Labute approximate surface area is 217 Å². The number of ether oxygens (including phenoxy) is 2. The summed E-state index contributed by atoms with van der Waals surface area (Å²) in [5.74, 6) is 0.210.